The Morgan fingerprint density at radius 2 is 1.85 bits per heavy atom. The maximum atomic E-state index is 10.8. The van der Waals surface area contributed by atoms with Gasteiger partial charge in [-0.25, -0.2) is 9.48 Å². The molecule has 1 aromatic carbocycles. The van der Waals surface area contributed by atoms with Crippen LogP contribution < -0.4 is 0 Å². The molecule has 3 rings (SSSR count). The lowest BCUT2D eigenvalue weighted by molar-refractivity contribution is 0.0696. The second-order valence-electron chi connectivity index (χ2n) is 4.25. The molecule has 5 heteroatoms. The number of aromatic carboxylic acids is 1. The van der Waals surface area contributed by atoms with Crippen molar-refractivity contribution in [3.63, 3.8) is 0 Å². The summed E-state index contributed by atoms with van der Waals surface area (Å²) in [6.07, 6.45) is 4.91. The average Bonchev–Trinajstić information content (AvgIpc) is 2.98. The van der Waals surface area contributed by atoms with Crippen LogP contribution in [0.2, 0.25) is 0 Å². The lowest BCUT2D eigenvalue weighted by Gasteiger charge is -1.99. The number of pyridine rings is 1. The smallest absolute Gasteiger partial charge is 0.337 e. The van der Waals surface area contributed by atoms with E-state index < -0.39 is 5.97 Å². The van der Waals surface area contributed by atoms with Crippen LogP contribution >= 0.6 is 0 Å². The second-order valence-corrected chi connectivity index (χ2v) is 4.25. The molecule has 0 aliphatic carbocycles. The van der Waals surface area contributed by atoms with Crippen LogP contribution in [0.3, 0.4) is 0 Å². The minimum absolute atomic E-state index is 0.171. The van der Waals surface area contributed by atoms with Gasteiger partial charge < -0.3 is 5.11 Å². The predicted molar refractivity (Wildman–Crippen MR) is 73.8 cm³/mol. The Balaban J connectivity index is 1.92. The van der Waals surface area contributed by atoms with Crippen LogP contribution in [-0.4, -0.2) is 25.8 Å². The van der Waals surface area contributed by atoms with Gasteiger partial charge in [0.2, 0.25) is 0 Å². The second kappa shape index (κ2) is 4.97. The first-order valence-electron chi connectivity index (χ1n) is 6.04. The number of hydrogen-bond acceptors (Lipinski definition) is 3. The van der Waals surface area contributed by atoms with Gasteiger partial charge in [0.05, 0.1) is 23.1 Å². The van der Waals surface area contributed by atoms with Gasteiger partial charge in [-0.2, -0.15) is 5.10 Å². The molecule has 5 nitrogen and oxygen atoms in total. The van der Waals surface area contributed by atoms with Crippen LogP contribution in [-0.2, 0) is 0 Å². The minimum Gasteiger partial charge on any atom is -0.478 e. The molecule has 0 amide bonds. The minimum atomic E-state index is -0.982. The number of para-hydroxylation sites is 1. The zero-order chi connectivity index (χ0) is 13.9. The Labute approximate surface area is 115 Å². The zero-order valence-electron chi connectivity index (χ0n) is 10.5. The van der Waals surface area contributed by atoms with Gasteiger partial charge in [-0.1, -0.05) is 18.2 Å². The van der Waals surface area contributed by atoms with Crippen molar-refractivity contribution in [2.75, 3.05) is 0 Å². The van der Waals surface area contributed by atoms with Crippen LogP contribution in [0, 0.1) is 0 Å². The molecule has 2 aromatic heterocycles. The number of carboxylic acid groups (broad SMARTS) is 1. The topological polar surface area (TPSA) is 68.0 Å². The van der Waals surface area contributed by atoms with E-state index in [-0.39, 0.29) is 5.56 Å². The van der Waals surface area contributed by atoms with Gasteiger partial charge in [0, 0.05) is 18.0 Å². The molecule has 0 radical (unpaired) electrons. The lowest BCUT2D eigenvalue weighted by Crippen LogP contribution is -1.96. The van der Waals surface area contributed by atoms with Gasteiger partial charge in [0.15, 0.2) is 0 Å². The summed E-state index contributed by atoms with van der Waals surface area (Å²) in [6.45, 7) is 0. The highest BCUT2D eigenvalue weighted by Crippen LogP contribution is 2.18. The number of hydrogen-bond donors (Lipinski definition) is 1. The molecule has 1 N–H and O–H groups in total. The summed E-state index contributed by atoms with van der Waals surface area (Å²) in [5, 5.41) is 13.1. The van der Waals surface area contributed by atoms with E-state index in [1.807, 2.05) is 36.5 Å². The Bertz CT molecular complexity index is 733. The fraction of sp³-hybridized carbons (Fsp3) is 0. The standard InChI is InChI=1S/C15H11N3O2/c19-15(20)11-6-7-14(16-8-11)12-9-17-18(10-12)13-4-2-1-3-5-13/h1-10H,(H,19,20). The summed E-state index contributed by atoms with van der Waals surface area (Å²) in [7, 11) is 0. The van der Waals surface area contributed by atoms with Crippen molar-refractivity contribution < 1.29 is 9.90 Å². The summed E-state index contributed by atoms with van der Waals surface area (Å²) in [6, 6.07) is 12.9. The van der Waals surface area contributed by atoms with Gasteiger partial charge in [0.25, 0.3) is 0 Å². The van der Waals surface area contributed by atoms with Crippen LogP contribution in [0.1, 0.15) is 10.4 Å². The monoisotopic (exact) mass is 265 g/mol. The first-order chi connectivity index (χ1) is 9.74. The van der Waals surface area contributed by atoms with Crippen molar-refractivity contribution in [2.24, 2.45) is 0 Å². The van der Waals surface area contributed by atoms with E-state index in [9.17, 15) is 4.79 Å². The fourth-order valence-electron chi connectivity index (χ4n) is 1.87. The number of rotatable bonds is 3. The number of carboxylic acids is 1. The highest BCUT2D eigenvalue weighted by molar-refractivity contribution is 5.87. The van der Waals surface area contributed by atoms with E-state index in [1.165, 1.54) is 12.3 Å². The van der Waals surface area contributed by atoms with Gasteiger partial charge in [-0.15, -0.1) is 0 Å². The Hall–Kier alpha value is -2.95. The molecule has 98 valence electrons. The fourth-order valence-corrected chi connectivity index (χ4v) is 1.87. The van der Waals surface area contributed by atoms with E-state index in [0.29, 0.717) is 5.69 Å². The molecule has 0 bridgehead atoms. The largest absolute Gasteiger partial charge is 0.478 e. The highest BCUT2D eigenvalue weighted by Gasteiger charge is 2.07. The van der Waals surface area contributed by atoms with Crippen molar-refractivity contribution >= 4 is 5.97 Å². The third-order valence-corrected chi connectivity index (χ3v) is 2.91. The third kappa shape index (κ3) is 2.29. The van der Waals surface area contributed by atoms with Crippen LogP contribution in [0.5, 0.6) is 0 Å². The summed E-state index contributed by atoms with van der Waals surface area (Å²) >= 11 is 0. The maximum absolute atomic E-state index is 10.8. The molecule has 0 aliphatic rings. The lowest BCUT2D eigenvalue weighted by atomic mass is 10.2. The Morgan fingerprint density at radius 3 is 2.50 bits per heavy atom. The first-order valence-corrected chi connectivity index (χ1v) is 6.04. The first kappa shape index (κ1) is 12.1. The Morgan fingerprint density at radius 1 is 1.05 bits per heavy atom. The number of aromatic nitrogens is 3. The van der Waals surface area contributed by atoms with Crippen molar-refractivity contribution in [1.82, 2.24) is 14.8 Å². The van der Waals surface area contributed by atoms with Crippen LogP contribution in [0.15, 0.2) is 61.1 Å². The summed E-state index contributed by atoms with van der Waals surface area (Å²) in [5.74, 6) is -0.982. The van der Waals surface area contributed by atoms with Crippen molar-refractivity contribution in [2.45, 2.75) is 0 Å². The number of carbonyl (C=O) groups is 1. The summed E-state index contributed by atoms with van der Waals surface area (Å²) < 4.78 is 1.75. The van der Waals surface area contributed by atoms with Gasteiger partial charge in [-0.05, 0) is 24.3 Å². The van der Waals surface area contributed by atoms with Gasteiger partial charge >= 0.3 is 5.97 Å². The molecule has 20 heavy (non-hydrogen) atoms. The quantitative estimate of drug-likeness (QED) is 0.790. The molecule has 0 spiro atoms. The van der Waals surface area contributed by atoms with Crippen molar-refractivity contribution in [3.05, 3.63) is 66.6 Å². The van der Waals surface area contributed by atoms with Crippen molar-refractivity contribution in [1.29, 1.82) is 0 Å². The highest BCUT2D eigenvalue weighted by atomic mass is 16.4. The molecule has 3 aromatic rings. The van der Waals surface area contributed by atoms with E-state index in [4.69, 9.17) is 5.11 Å². The molecule has 0 saturated carbocycles. The van der Waals surface area contributed by atoms with Gasteiger partial charge in [0.1, 0.15) is 0 Å². The molecule has 0 aliphatic heterocycles. The normalized spacial score (nSPS) is 10.4. The van der Waals surface area contributed by atoms with E-state index >= 15 is 0 Å². The van der Waals surface area contributed by atoms with E-state index in [0.717, 1.165) is 11.3 Å². The Kier molecular flexibility index (Phi) is 3.01. The molecule has 0 unspecified atom stereocenters. The SMILES string of the molecule is O=C(O)c1ccc(-c2cnn(-c3ccccc3)c2)nc1. The zero-order valence-corrected chi connectivity index (χ0v) is 10.5. The molecule has 0 saturated heterocycles. The molecular weight excluding hydrogens is 254 g/mol. The summed E-state index contributed by atoms with van der Waals surface area (Å²) in [4.78, 5) is 14.9. The van der Waals surface area contributed by atoms with Crippen molar-refractivity contribution in [3.8, 4) is 16.9 Å². The predicted octanol–water partition coefficient (Wildman–Crippen LogP) is 2.63. The number of benzene rings is 1. The van der Waals surface area contributed by atoms with Gasteiger partial charge in [-0.3, -0.25) is 4.98 Å². The molecule has 0 fully saturated rings. The maximum Gasteiger partial charge on any atom is 0.337 e. The molecule has 2 heterocycles. The molecule has 0 atom stereocenters. The number of nitrogens with zero attached hydrogens (tertiary/aromatic N) is 3. The summed E-state index contributed by atoms with van der Waals surface area (Å²) in [5.41, 5.74) is 2.66. The van der Waals surface area contributed by atoms with Crippen LogP contribution in [0.25, 0.3) is 16.9 Å². The molecular formula is C15H11N3O2. The van der Waals surface area contributed by atoms with E-state index in [1.54, 1.807) is 16.9 Å². The van der Waals surface area contributed by atoms with E-state index in [2.05, 4.69) is 10.1 Å². The average molecular weight is 265 g/mol. The third-order valence-electron chi connectivity index (χ3n) is 2.91. The van der Waals surface area contributed by atoms with Crippen LogP contribution in [0.4, 0.5) is 0 Å².